The van der Waals surface area contributed by atoms with Gasteiger partial charge >= 0.3 is 0 Å². The third kappa shape index (κ3) is 6.55. The highest BCUT2D eigenvalue weighted by Crippen LogP contribution is 2.41. The van der Waals surface area contributed by atoms with Gasteiger partial charge in [0.2, 0.25) is 0 Å². The van der Waals surface area contributed by atoms with Gasteiger partial charge < -0.3 is 4.57 Å². The van der Waals surface area contributed by atoms with Crippen molar-refractivity contribution in [2.24, 2.45) is 0 Å². The Kier molecular flexibility index (Phi) is 8.83. The first-order valence-corrected chi connectivity index (χ1v) is 21.5. The van der Waals surface area contributed by atoms with Gasteiger partial charge in [0.05, 0.1) is 22.4 Å². The van der Waals surface area contributed by atoms with Crippen molar-refractivity contribution >= 4 is 43.4 Å². The van der Waals surface area contributed by atoms with E-state index in [1.807, 2.05) is 18.2 Å². The number of fused-ring (bicyclic) bond motifs is 5. The molecule has 0 saturated heterocycles. The van der Waals surface area contributed by atoms with Crippen molar-refractivity contribution in [2.45, 2.75) is 0 Å². The van der Waals surface area contributed by atoms with Gasteiger partial charge in [-0.05, 0) is 97.4 Å². The van der Waals surface area contributed by atoms with Crippen LogP contribution in [-0.4, -0.2) is 14.5 Å². The van der Waals surface area contributed by atoms with E-state index in [9.17, 15) is 0 Å². The van der Waals surface area contributed by atoms with E-state index in [0.717, 1.165) is 61.2 Å². The molecule has 0 amide bonds. The zero-order chi connectivity index (χ0) is 41.7. The molecule has 3 nitrogen and oxygen atoms in total. The van der Waals surface area contributed by atoms with Crippen LogP contribution in [0.3, 0.4) is 0 Å². The maximum absolute atomic E-state index is 5.29. The average molecular weight is 802 g/mol. The van der Waals surface area contributed by atoms with E-state index in [-0.39, 0.29) is 0 Å². The molecule has 0 unspecified atom stereocenters. The molecule has 0 aliphatic rings. The van der Waals surface area contributed by atoms with E-state index in [4.69, 9.17) is 9.97 Å². The molecule has 3 heteroatoms. The lowest BCUT2D eigenvalue weighted by Gasteiger charge is -2.17. The Morgan fingerprint density at radius 2 is 0.778 bits per heavy atom. The molecule has 0 bridgehead atoms. The van der Waals surface area contributed by atoms with Crippen LogP contribution >= 0.6 is 0 Å². The lowest BCUT2D eigenvalue weighted by atomic mass is 9.91. The average Bonchev–Trinajstić information content (AvgIpc) is 3.70. The van der Waals surface area contributed by atoms with Crippen molar-refractivity contribution in [2.75, 3.05) is 0 Å². The Bertz CT molecular complexity index is 3610. The first kappa shape index (κ1) is 36.5. The molecule has 0 aliphatic carbocycles. The van der Waals surface area contributed by atoms with Crippen molar-refractivity contribution in [3.63, 3.8) is 0 Å². The molecule has 12 rings (SSSR count). The summed E-state index contributed by atoms with van der Waals surface area (Å²) in [7, 11) is 0. The number of para-hydroxylation sites is 2. The number of hydrogen-bond acceptors (Lipinski definition) is 2. The molecule has 10 aromatic carbocycles. The van der Waals surface area contributed by atoms with E-state index in [1.165, 1.54) is 49.3 Å². The monoisotopic (exact) mass is 801 g/mol. The number of hydrogen-bond donors (Lipinski definition) is 0. The minimum absolute atomic E-state index is 0.697. The summed E-state index contributed by atoms with van der Waals surface area (Å²) in [5.41, 5.74) is 15.3. The van der Waals surface area contributed by atoms with Crippen LogP contribution in [0.15, 0.2) is 237 Å². The van der Waals surface area contributed by atoms with Gasteiger partial charge in [-0.2, -0.15) is 0 Å². The fourth-order valence-electron chi connectivity index (χ4n) is 9.32. The van der Waals surface area contributed by atoms with Crippen molar-refractivity contribution < 1.29 is 0 Å². The van der Waals surface area contributed by atoms with Crippen molar-refractivity contribution in [1.29, 1.82) is 0 Å². The Morgan fingerprint density at radius 3 is 1.49 bits per heavy atom. The van der Waals surface area contributed by atoms with Crippen LogP contribution in [0.5, 0.6) is 0 Å². The van der Waals surface area contributed by atoms with E-state index in [0.29, 0.717) is 5.82 Å². The maximum Gasteiger partial charge on any atom is 0.160 e. The Morgan fingerprint density at radius 1 is 0.270 bits per heavy atom. The van der Waals surface area contributed by atoms with Crippen LogP contribution in [0, 0.1) is 0 Å². The van der Waals surface area contributed by atoms with Crippen LogP contribution in [0.1, 0.15) is 0 Å². The predicted octanol–water partition coefficient (Wildman–Crippen LogP) is 15.9. The third-order valence-electron chi connectivity index (χ3n) is 12.4. The van der Waals surface area contributed by atoms with E-state index in [1.54, 1.807) is 0 Å². The Labute approximate surface area is 365 Å². The van der Waals surface area contributed by atoms with Crippen LogP contribution in [-0.2, 0) is 0 Å². The summed E-state index contributed by atoms with van der Waals surface area (Å²) >= 11 is 0. The summed E-state index contributed by atoms with van der Waals surface area (Å²) in [6.45, 7) is 0. The SMILES string of the molecule is c1ccc(-c2ccc(-c3cc(-c4ccc(-c5cc(-c6ccc7ccccc7c6)cc(-n6c7ccccc7c7ccccc76)c5)c5ccccc45)nc(-c4ccccc4)n3)cc2)cc1. The van der Waals surface area contributed by atoms with Gasteiger partial charge in [-0.3, -0.25) is 0 Å². The second-order valence-corrected chi connectivity index (χ2v) is 16.2. The minimum atomic E-state index is 0.697. The topological polar surface area (TPSA) is 30.7 Å². The molecule has 0 saturated carbocycles. The van der Waals surface area contributed by atoms with Crippen molar-refractivity contribution in [3.05, 3.63) is 237 Å². The van der Waals surface area contributed by atoms with Crippen LogP contribution in [0.25, 0.3) is 116 Å². The molecule has 0 fully saturated rings. The van der Waals surface area contributed by atoms with Crippen LogP contribution in [0.4, 0.5) is 0 Å². The molecule has 63 heavy (non-hydrogen) atoms. The second kappa shape index (κ2) is 15.3. The van der Waals surface area contributed by atoms with Gasteiger partial charge in [0.1, 0.15) is 0 Å². The van der Waals surface area contributed by atoms with Crippen molar-refractivity contribution in [1.82, 2.24) is 14.5 Å². The predicted molar refractivity (Wildman–Crippen MR) is 264 cm³/mol. The van der Waals surface area contributed by atoms with E-state index in [2.05, 4.69) is 223 Å². The summed E-state index contributed by atoms with van der Waals surface area (Å²) in [5.74, 6) is 0.697. The number of benzene rings is 10. The highest BCUT2D eigenvalue weighted by Gasteiger charge is 2.18. The third-order valence-corrected chi connectivity index (χ3v) is 12.4. The summed E-state index contributed by atoms with van der Waals surface area (Å²) in [4.78, 5) is 10.5. The molecule has 2 aromatic heterocycles. The minimum Gasteiger partial charge on any atom is -0.309 e. The lowest BCUT2D eigenvalue weighted by molar-refractivity contribution is 1.18. The fraction of sp³-hybridized carbons (Fsp3) is 0. The highest BCUT2D eigenvalue weighted by molar-refractivity contribution is 6.10. The number of nitrogens with zero attached hydrogens (tertiary/aromatic N) is 3. The second-order valence-electron chi connectivity index (χ2n) is 16.2. The molecular weight excluding hydrogens is 763 g/mol. The number of rotatable bonds is 7. The largest absolute Gasteiger partial charge is 0.309 e. The van der Waals surface area contributed by atoms with Gasteiger partial charge in [-0.1, -0.05) is 194 Å². The number of aromatic nitrogens is 3. The standard InChI is InChI=1S/C60H39N3/c1-3-15-40(16-4-1)42-27-30-43(31-28-42)56-39-57(62-60(61-56)44-18-5-2-6-19-44)53-34-33-50(51-21-9-10-22-52(51)53)48-36-47(46-32-29-41-17-7-8-20-45(41)35-46)37-49(38-48)63-58-25-13-11-23-54(58)55-24-12-14-26-59(55)63/h1-39H. The molecule has 0 radical (unpaired) electrons. The normalized spacial score (nSPS) is 11.5. The first-order valence-electron chi connectivity index (χ1n) is 21.5. The smallest absolute Gasteiger partial charge is 0.160 e. The summed E-state index contributed by atoms with van der Waals surface area (Å²) in [6, 6.07) is 84.9. The van der Waals surface area contributed by atoms with Gasteiger partial charge in [0.25, 0.3) is 0 Å². The molecule has 294 valence electrons. The zero-order valence-electron chi connectivity index (χ0n) is 34.4. The van der Waals surface area contributed by atoms with Gasteiger partial charge in [0, 0.05) is 33.2 Å². The molecule has 2 heterocycles. The fourth-order valence-corrected chi connectivity index (χ4v) is 9.32. The van der Waals surface area contributed by atoms with Crippen LogP contribution < -0.4 is 0 Å². The first-order chi connectivity index (χ1) is 31.2. The Hall–Kier alpha value is -8.40. The van der Waals surface area contributed by atoms with Gasteiger partial charge in [-0.15, -0.1) is 0 Å². The Balaban J connectivity index is 1.05. The van der Waals surface area contributed by atoms with Crippen molar-refractivity contribution in [3.8, 4) is 73.0 Å². The van der Waals surface area contributed by atoms with Gasteiger partial charge in [-0.25, -0.2) is 9.97 Å². The highest BCUT2D eigenvalue weighted by atomic mass is 15.0. The molecule has 0 spiro atoms. The molecule has 0 atom stereocenters. The molecule has 12 aromatic rings. The van der Waals surface area contributed by atoms with Crippen LogP contribution in [0.2, 0.25) is 0 Å². The van der Waals surface area contributed by atoms with Gasteiger partial charge in [0.15, 0.2) is 5.82 Å². The molecule has 0 N–H and O–H groups in total. The summed E-state index contributed by atoms with van der Waals surface area (Å²) < 4.78 is 2.43. The lowest BCUT2D eigenvalue weighted by Crippen LogP contribution is -1.97. The maximum atomic E-state index is 5.29. The summed E-state index contributed by atoms with van der Waals surface area (Å²) in [5, 5.41) is 7.23. The molecule has 0 aliphatic heterocycles. The quantitative estimate of drug-likeness (QED) is 0.161. The van der Waals surface area contributed by atoms with E-state index >= 15 is 0 Å². The van der Waals surface area contributed by atoms with E-state index < -0.39 is 0 Å². The summed E-state index contributed by atoms with van der Waals surface area (Å²) in [6.07, 6.45) is 0. The zero-order valence-corrected chi connectivity index (χ0v) is 34.4. The molecular formula is C60H39N3.